The average molecular weight is 240 g/mol. The Morgan fingerprint density at radius 1 is 1.41 bits per heavy atom. The number of hydrogen-bond donors (Lipinski definition) is 1. The van der Waals surface area contributed by atoms with E-state index in [1.807, 2.05) is 13.8 Å². The van der Waals surface area contributed by atoms with Crippen molar-refractivity contribution in [2.45, 2.75) is 13.8 Å². The Hall–Kier alpha value is -2.10. The lowest BCUT2D eigenvalue weighted by Crippen LogP contribution is -2.41. The smallest absolute Gasteiger partial charge is 0.284 e. The number of carbonyl (C=O) groups excluding carboxylic acids is 2. The van der Waals surface area contributed by atoms with Crippen LogP contribution in [0.5, 0.6) is 0 Å². The molecule has 0 fully saturated rings. The second-order valence-electron chi connectivity index (χ2n) is 2.98. The topological polar surface area (TPSA) is 94.8 Å². The minimum absolute atomic E-state index is 0.162. The molecule has 2 amide bonds. The van der Waals surface area contributed by atoms with Gasteiger partial charge in [0, 0.05) is 13.1 Å². The molecule has 0 aliphatic heterocycles. The van der Waals surface area contributed by atoms with Gasteiger partial charge in [-0.3, -0.25) is 9.59 Å². The van der Waals surface area contributed by atoms with Crippen LogP contribution in [0.4, 0.5) is 0 Å². The Morgan fingerprint density at radius 3 is 2.41 bits per heavy atom. The molecule has 0 saturated heterocycles. The van der Waals surface area contributed by atoms with Crippen molar-refractivity contribution >= 4 is 17.5 Å². The molecule has 0 aliphatic rings. The molecule has 7 heteroatoms. The van der Waals surface area contributed by atoms with Crippen LogP contribution in [-0.2, 0) is 14.4 Å². The third kappa shape index (κ3) is 4.97. The number of nitrogens with zero attached hydrogens (tertiary/aromatic N) is 3. The molecule has 0 saturated carbocycles. The van der Waals surface area contributed by atoms with Crippen LogP contribution in [0.3, 0.4) is 0 Å². The van der Waals surface area contributed by atoms with E-state index in [0.717, 1.165) is 0 Å². The van der Waals surface area contributed by atoms with Crippen LogP contribution in [0.1, 0.15) is 13.8 Å². The summed E-state index contributed by atoms with van der Waals surface area (Å²) in [6.45, 7) is 4.67. The molecule has 94 valence electrons. The van der Waals surface area contributed by atoms with Crippen molar-refractivity contribution in [3.05, 3.63) is 0 Å². The fraction of sp³-hybridized carbons (Fsp3) is 0.600. The predicted octanol–water partition coefficient (Wildman–Crippen LogP) is -0.503. The summed E-state index contributed by atoms with van der Waals surface area (Å²) in [5.74, 6) is -0.937. The van der Waals surface area contributed by atoms with Crippen molar-refractivity contribution in [2.24, 2.45) is 5.16 Å². The second kappa shape index (κ2) is 8.10. The van der Waals surface area contributed by atoms with Crippen LogP contribution in [0.25, 0.3) is 0 Å². The maximum absolute atomic E-state index is 11.5. The van der Waals surface area contributed by atoms with Crippen molar-refractivity contribution in [3.8, 4) is 6.07 Å². The standard InChI is InChI=1S/C10H16N4O3/c1-4-14(5-2)9(15)7-12-10(16)8(6-11)13-17-3/h4-5,7H2,1-3H3,(H,12,16)/b13-8+. The summed E-state index contributed by atoms with van der Waals surface area (Å²) in [6, 6.07) is 1.57. The normalized spacial score (nSPS) is 10.4. The summed E-state index contributed by atoms with van der Waals surface area (Å²) in [6.07, 6.45) is 0. The van der Waals surface area contributed by atoms with Gasteiger partial charge in [0.15, 0.2) is 0 Å². The van der Waals surface area contributed by atoms with Gasteiger partial charge in [0.2, 0.25) is 11.6 Å². The van der Waals surface area contributed by atoms with Crippen molar-refractivity contribution in [1.82, 2.24) is 10.2 Å². The fourth-order valence-electron chi connectivity index (χ4n) is 1.13. The molecular weight excluding hydrogens is 224 g/mol. The van der Waals surface area contributed by atoms with Gasteiger partial charge in [-0.15, -0.1) is 0 Å². The lowest BCUT2D eigenvalue weighted by molar-refractivity contribution is -0.131. The van der Waals surface area contributed by atoms with E-state index in [2.05, 4.69) is 15.3 Å². The molecule has 0 atom stereocenters. The van der Waals surface area contributed by atoms with E-state index in [1.54, 1.807) is 11.0 Å². The Morgan fingerprint density at radius 2 is 2.00 bits per heavy atom. The lowest BCUT2D eigenvalue weighted by Gasteiger charge is -2.18. The Balaban J connectivity index is 4.30. The summed E-state index contributed by atoms with van der Waals surface area (Å²) in [5.41, 5.74) is -0.417. The van der Waals surface area contributed by atoms with E-state index >= 15 is 0 Å². The van der Waals surface area contributed by atoms with Crippen molar-refractivity contribution in [3.63, 3.8) is 0 Å². The molecule has 0 unspecified atom stereocenters. The Labute approximate surface area is 100 Å². The predicted molar refractivity (Wildman–Crippen MR) is 61.0 cm³/mol. The van der Waals surface area contributed by atoms with E-state index in [1.165, 1.54) is 7.11 Å². The molecule has 1 N–H and O–H groups in total. The highest BCUT2D eigenvalue weighted by atomic mass is 16.6. The van der Waals surface area contributed by atoms with Crippen LogP contribution in [0, 0.1) is 11.3 Å². The van der Waals surface area contributed by atoms with Crippen molar-refractivity contribution in [2.75, 3.05) is 26.7 Å². The molecule has 7 nitrogen and oxygen atoms in total. The van der Waals surface area contributed by atoms with E-state index in [9.17, 15) is 9.59 Å². The van der Waals surface area contributed by atoms with E-state index in [-0.39, 0.29) is 12.5 Å². The average Bonchev–Trinajstić information content (AvgIpc) is 2.34. The number of carbonyl (C=O) groups is 2. The molecule has 0 heterocycles. The molecule has 0 aromatic carbocycles. The summed E-state index contributed by atoms with van der Waals surface area (Å²) in [5, 5.41) is 14.1. The first-order valence-corrected chi connectivity index (χ1v) is 5.17. The zero-order chi connectivity index (χ0) is 13.3. The quantitative estimate of drug-likeness (QED) is 0.500. The number of nitriles is 1. The largest absolute Gasteiger partial charge is 0.398 e. The highest BCUT2D eigenvalue weighted by Gasteiger charge is 2.15. The Kier molecular flexibility index (Phi) is 7.10. The lowest BCUT2D eigenvalue weighted by atomic mass is 10.3. The number of amides is 2. The first-order valence-electron chi connectivity index (χ1n) is 5.17. The van der Waals surface area contributed by atoms with Gasteiger partial charge in [-0.2, -0.15) is 5.26 Å². The van der Waals surface area contributed by atoms with Gasteiger partial charge in [-0.05, 0) is 13.8 Å². The number of likely N-dealkylation sites (N-methyl/N-ethyl adjacent to an activating group) is 1. The third-order valence-corrected chi connectivity index (χ3v) is 2.02. The summed E-state index contributed by atoms with van der Waals surface area (Å²) in [7, 11) is 1.23. The monoisotopic (exact) mass is 240 g/mol. The van der Waals surface area contributed by atoms with Gasteiger partial charge in [0.25, 0.3) is 5.91 Å². The Bertz CT molecular complexity index is 342. The first-order chi connectivity index (χ1) is 8.10. The highest BCUT2D eigenvalue weighted by molar-refractivity contribution is 6.45. The molecule has 17 heavy (non-hydrogen) atoms. The summed E-state index contributed by atoms with van der Waals surface area (Å²) in [4.78, 5) is 28.8. The van der Waals surface area contributed by atoms with Gasteiger partial charge in [0.05, 0.1) is 6.54 Å². The van der Waals surface area contributed by atoms with Gasteiger partial charge in [-0.25, -0.2) is 0 Å². The fourth-order valence-corrected chi connectivity index (χ4v) is 1.13. The molecular formula is C10H16N4O3. The molecule has 0 aliphatic carbocycles. The molecule has 0 radical (unpaired) electrons. The zero-order valence-corrected chi connectivity index (χ0v) is 10.2. The van der Waals surface area contributed by atoms with Gasteiger partial charge >= 0.3 is 0 Å². The highest BCUT2D eigenvalue weighted by Crippen LogP contribution is 1.88. The van der Waals surface area contributed by atoms with Crippen LogP contribution < -0.4 is 5.32 Å². The molecule has 0 rings (SSSR count). The first kappa shape index (κ1) is 14.9. The number of oxime groups is 1. The van der Waals surface area contributed by atoms with E-state index in [0.29, 0.717) is 13.1 Å². The van der Waals surface area contributed by atoms with Crippen LogP contribution in [0.15, 0.2) is 5.16 Å². The molecule has 0 bridgehead atoms. The third-order valence-electron chi connectivity index (χ3n) is 2.02. The number of hydrogen-bond acceptors (Lipinski definition) is 5. The van der Waals surface area contributed by atoms with Crippen molar-refractivity contribution < 1.29 is 14.4 Å². The zero-order valence-electron chi connectivity index (χ0n) is 10.2. The minimum Gasteiger partial charge on any atom is -0.398 e. The van der Waals surface area contributed by atoms with Crippen LogP contribution >= 0.6 is 0 Å². The van der Waals surface area contributed by atoms with Crippen LogP contribution in [0.2, 0.25) is 0 Å². The maximum Gasteiger partial charge on any atom is 0.284 e. The maximum atomic E-state index is 11.5. The van der Waals surface area contributed by atoms with Crippen molar-refractivity contribution in [1.29, 1.82) is 5.26 Å². The SMILES string of the molecule is CCN(CC)C(=O)CNC(=O)/C(C#N)=N/OC. The van der Waals surface area contributed by atoms with Gasteiger partial charge in [-0.1, -0.05) is 5.16 Å². The van der Waals surface area contributed by atoms with Gasteiger partial charge in [0.1, 0.15) is 13.2 Å². The van der Waals surface area contributed by atoms with Crippen LogP contribution in [-0.4, -0.2) is 49.2 Å². The summed E-state index contributed by atoms with van der Waals surface area (Å²) >= 11 is 0. The number of rotatable bonds is 6. The molecule has 0 aromatic heterocycles. The number of nitrogens with one attached hydrogen (secondary N) is 1. The molecule has 0 aromatic rings. The molecule has 0 spiro atoms. The van der Waals surface area contributed by atoms with E-state index in [4.69, 9.17) is 5.26 Å². The minimum atomic E-state index is -0.727. The second-order valence-corrected chi connectivity index (χ2v) is 2.98. The van der Waals surface area contributed by atoms with E-state index < -0.39 is 11.6 Å². The van der Waals surface area contributed by atoms with Gasteiger partial charge < -0.3 is 15.1 Å². The summed E-state index contributed by atoms with van der Waals surface area (Å²) < 4.78 is 0.